The summed E-state index contributed by atoms with van der Waals surface area (Å²) in [7, 11) is 0. The smallest absolute Gasteiger partial charge is 0.282 e. The quantitative estimate of drug-likeness (QED) is 0.482. The van der Waals surface area contributed by atoms with Gasteiger partial charge in [-0.1, -0.05) is 18.2 Å². The fourth-order valence-electron chi connectivity index (χ4n) is 3.82. The zero-order valence-corrected chi connectivity index (χ0v) is 19.0. The van der Waals surface area contributed by atoms with E-state index in [-0.39, 0.29) is 17.1 Å². The number of hydrogen-bond acceptors (Lipinski definition) is 3. The maximum absolute atomic E-state index is 12.9. The van der Waals surface area contributed by atoms with Crippen LogP contribution in [0.15, 0.2) is 66.2 Å². The van der Waals surface area contributed by atoms with E-state index in [1.54, 1.807) is 18.2 Å². The van der Waals surface area contributed by atoms with Gasteiger partial charge in [0.05, 0.1) is 5.69 Å². The fourth-order valence-corrected chi connectivity index (χ4v) is 3.82. The molecule has 0 unspecified atom stereocenters. The van der Waals surface area contributed by atoms with E-state index in [1.165, 1.54) is 5.01 Å². The van der Waals surface area contributed by atoms with Gasteiger partial charge in [0.1, 0.15) is 16.9 Å². The summed E-state index contributed by atoms with van der Waals surface area (Å²) in [6.07, 6.45) is 1.66. The van der Waals surface area contributed by atoms with E-state index in [0.717, 1.165) is 28.4 Å². The molecule has 0 aliphatic carbocycles. The summed E-state index contributed by atoms with van der Waals surface area (Å²) in [4.78, 5) is 25.4. The molecule has 1 saturated heterocycles. The lowest BCUT2D eigenvalue weighted by atomic mass is 10.1. The van der Waals surface area contributed by atoms with E-state index >= 15 is 0 Å². The molecule has 0 spiro atoms. The molecule has 0 radical (unpaired) electrons. The van der Waals surface area contributed by atoms with Crippen LogP contribution < -0.4 is 15.2 Å². The Morgan fingerprint density at radius 3 is 2.19 bits per heavy atom. The van der Waals surface area contributed by atoms with Crippen LogP contribution in [0.4, 0.5) is 5.69 Å². The normalized spacial score (nSPS) is 15.4. The minimum absolute atomic E-state index is 0.114. The first-order valence-corrected chi connectivity index (χ1v) is 10.5. The third-order valence-corrected chi connectivity index (χ3v) is 5.19. The van der Waals surface area contributed by atoms with Gasteiger partial charge in [0, 0.05) is 17.1 Å². The Hall–Kier alpha value is -3.80. The van der Waals surface area contributed by atoms with Crippen LogP contribution >= 0.6 is 0 Å². The molecule has 32 heavy (non-hydrogen) atoms. The molecule has 0 saturated carbocycles. The molecule has 6 heteroatoms. The molecule has 0 bridgehead atoms. The summed E-state index contributed by atoms with van der Waals surface area (Å²) in [6, 6.07) is 18.9. The minimum atomic E-state index is -0.410. The number of rotatable bonds is 4. The van der Waals surface area contributed by atoms with Crippen molar-refractivity contribution in [2.24, 2.45) is 0 Å². The molecule has 1 aromatic heterocycles. The van der Waals surface area contributed by atoms with Crippen molar-refractivity contribution in [1.29, 1.82) is 0 Å². The summed E-state index contributed by atoms with van der Waals surface area (Å²) in [5.41, 5.74) is 6.88. The van der Waals surface area contributed by atoms with E-state index in [0.29, 0.717) is 5.69 Å². The molecular formula is C26H27N3O3. The van der Waals surface area contributed by atoms with Crippen molar-refractivity contribution in [2.75, 3.05) is 5.01 Å². The highest BCUT2D eigenvalue weighted by molar-refractivity contribution is 6.31. The number of hydrogen-bond donors (Lipinski definition) is 1. The lowest BCUT2D eigenvalue weighted by Crippen LogP contribution is -2.35. The SMILES string of the molecule is Cc1cc(C=C2C(=O)NN(c3ccccc3)C2=O)c(C)n1-c1ccc(OC(C)(C)C)cc1. The number of nitrogens with zero attached hydrogens (tertiary/aromatic N) is 2. The van der Waals surface area contributed by atoms with Crippen molar-refractivity contribution < 1.29 is 14.3 Å². The third kappa shape index (κ3) is 4.17. The van der Waals surface area contributed by atoms with Crippen LogP contribution in [0.5, 0.6) is 5.75 Å². The average molecular weight is 430 g/mol. The molecule has 2 amide bonds. The van der Waals surface area contributed by atoms with Crippen LogP contribution in [0.3, 0.4) is 0 Å². The predicted molar refractivity (Wildman–Crippen MR) is 126 cm³/mol. The van der Waals surface area contributed by atoms with Crippen LogP contribution in [0, 0.1) is 13.8 Å². The summed E-state index contributed by atoms with van der Waals surface area (Å²) in [6.45, 7) is 10.0. The largest absolute Gasteiger partial charge is 0.488 e. The fraction of sp³-hybridized carbons (Fsp3) is 0.231. The molecule has 4 rings (SSSR count). The van der Waals surface area contributed by atoms with Gasteiger partial charge in [0.25, 0.3) is 11.8 Å². The highest BCUT2D eigenvalue weighted by Gasteiger charge is 2.34. The molecule has 2 heterocycles. The molecule has 1 N–H and O–H groups in total. The average Bonchev–Trinajstić information content (AvgIpc) is 3.18. The van der Waals surface area contributed by atoms with E-state index in [4.69, 9.17) is 4.74 Å². The number of amides is 2. The molecule has 1 aliphatic heterocycles. The number of hydrazine groups is 1. The molecule has 3 aromatic rings. The van der Waals surface area contributed by atoms with Gasteiger partial charge in [0.15, 0.2) is 0 Å². The highest BCUT2D eigenvalue weighted by Crippen LogP contribution is 2.27. The molecule has 6 nitrogen and oxygen atoms in total. The van der Waals surface area contributed by atoms with E-state index in [2.05, 4.69) is 9.99 Å². The summed E-state index contributed by atoms with van der Waals surface area (Å²) in [5.74, 6) is 0.0299. The van der Waals surface area contributed by atoms with Crippen LogP contribution in [0.1, 0.15) is 37.7 Å². The molecule has 1 aliphatic rings. The van der Waals surface area contributed by atoms with Crippen molar-refractivity contribution in [3.63, 3.8) is 0 Å². The number of para-hydroxylation sites is 1. The first-order valence-electron chi connectivity index (χ1n) is 10.5. The summed E-state index contributed by atoms with van der Waals surface area (Å²) >= 11 is 0. The third-order valence-electron chi connectivity index (χ3n) is 5.19. The topological polar surface area (TPSA) is 63.6 Å². The summed E-state index contributed by atoms with van der Waals surface area (Å²) in [5, 5.41) is 1.28. The lowest BCUT2D eigenvalue weighted by Gasteiger charge is -2.21. The first kappa shape index (κ1) is 21.4. The van der Waals surface area contributed by atoms with Crippen LogP contribution in [-0.2, 0) is 9.59 Å². The maximum Gasteiger partial charge on any atom is 0.282 e. The first-order chi connectivity index (χ1) is 15.1. The van der Waals surface area contributed by atoms with Gasteiger partial charge in [-0.15, -0.1) is 0 Å². The number of nitrogens with one attached hydrogen (secondary N) is 1. The zero-order chi connectivity index (χ0) is 23.0. The van der Waals surface area contributed by atoms with Crippen molar-refractivity contribution in [3.05, 3.63) is 83.2 Å². The van der Waals surface area contributed by atoms with Gasteiger partial charge in [-0.25, -0.2) is 5.01 Å². The van der Waals surface area contributed by atoms with Crippen molar-refractivity contribution in [1.82, 2.24) is 9.99 Å². The van der Waals surface area contributed by atoms with E-state index in [1.807, 2.05) is 83.1 Å². The Morgan fingerprint density at radius 2 is 1.56 bits per heavy atom. The molecule has 164 valence electrons. The number of ether oxygens (including phenoxy) is 1. The molecular weight excluding hydrogens is 402 g/mol. The molecule has 2 aromatic carbocycles. The number of carbonyl (C=O) groups excluding carboxylic acids is 2. The second kappa shape index (κ2) is 8.04. The number of aromatic nitrogens is 1. The Kier molecular flexibility index (Phi) is 5.38. The monoisotopic (exact) mass is 429 g/mol. The Morgan fingerprint density at radius 1 is 0.906 bits per heavy atom. The standard InChI is InChI=1S/C26H27N3O3/c1-17-15-19(16-23-24(30)27-29(25(23)31)21-9-7-6-8-10-21)18(2)28(17)20-11-13-22(14-12-20)32-26(3,4)5/h6-16H,1-5H3,(H,27,30). The van der Waals surface area contributed by atoms with E-state index in [9.17, 15) is 9.59 Å². The van der Waals surface area contributed by atoms with Gasteiger partial charge in [-0.05, 0) is 88.7 Å². The van der Waals surface area contributed by atoms with Crippen LogP contribution in [-0.4, -0.2) is 22.0 Å². The van der Waals surface area contributed by atoms with Gasteiger partial charge in [-0.3, -0.25) is 15.0 Å². The second-order valence-corrected chi connectivity index (χ2v) is 8.85. The number of carbonyl (C=O) groups is 2. The zero-order valence-electron chi connectivity index (χ0n) is 19.0. The maximum atomic E-state index is 12.9. The van der Waals surface area contributed by atoms with Gasteiger partial charge in [0.2, 0.25) is 0 Å². The molecule has 1 fully saturated rings. The Labute approximate surface area is 188 Å². The van der Waals surface area contributed by atoms with Crippen molar-refractivity contribution in [3.8, 4) is 11.4 Å². The van der Waals surface area contributed by atoms with Crippen molar-refractivity contribution >= 4 is 23.6 Å². The number of aryl methyl sites for hydroxylation is 1. The van der Waals surface area contributed by atoms with Crippen LogP contribution in [0.25, 0.3) is 11.8 Å². The number of benzene rings is 2. The van der Waals surface area contributed by atoms with E-state index < -0.39 is 5.91 Å². The van der Waals surface area contributed by atoms with Crippen molar-refractivity contribution in [2.45, 2.75) is 40.2 Å². The van der Waals surface area contributed by atoms with Gasteiger partial charge in [-0.2, -0.15) is 0 Å². The minimum Gasteiger partial charge on any atom is -0.488 e. The Bertz CT molecular complexity index is 1200. The lowest BCUT2D eigenvalue weighted by molar-refractivity contribution is -0.117. The second-order valence-electron chi connectivity index (χ2n) is 8.85. The number of anilines is 1. The predicted octanol–water partition coefficient (Wildman–Crippen LogP) is 4.73. The summed E-state index contributed by atoms with van der Waals surface area (Å²) < 4.78 is 8.01. The van der Waals surface area contributed by atoms with Gasteiger partial charge < -0.3 is 9.30 Å². The Balaban J connectivity index is 1.64. The van der Waals surface area contributed by atoms with Gasteiger partial charge >= 0.3 is 0 Å². The highest BCUT2D eigenvalue weighted by atomic mass is 16.5. The van der Waals surface area contributed by atoms with Crippen LogP contribution in [0.2, 0.25) is 0 Å². The molecule has 0 atom stereocenters.